The molecular formula is C8H13O2P. The summed E-state index contributed by atoms with van der Waals surface area (Å²) in [6.45, 7) is 1.53. The first-order valence-electron chi connectivity index (χ1n) is 4.03. The lowest BCUT2D eigenvalue weighted by atomic mass is 10.0. The predicted molar refractivity (Wildman–Crippen MR) is 46.3 cm³/mol. The van der Waals surface area contributed by atoms with Crippen molar-refractivity contribution in [3.05, 3.63) is 11.4 Å². The number of ether oxygens (including phenoxy) is 2. The Morgan fingerprint density at radius 1 is 1.36 bits per heavy atom. The minimum absolute atomic E-state index is 0.236. The van der Waals surface area contributed by atoms with Crippen LogP contribution in [0.1, 0.15) is 19.3 Å². The van der Waals surface area contributed by atoms with Gasteiger partial charge in [-0.05, 0) is 6.42 Å². The minimum atomic E-state index is -0.236. The zero-order valence-corrected chi connectivity index (χ0v) is 7.66. The van der Waals surface area contributed by atoms with E-state index in [-0.39, 0.29) is 5.79 Å². The van der Waals surface area contributed by atoms with Crippen LogP contribution < -0.4 is 0 Å². The van der Waals surface area contributed by atoms with Crippen LogP contribution in [0.2, 0.25) is 0 Å². The Morgan fingerprint density at radius 3 is 2.64 bits per heavy atom. The molecule has 2 rings (SSSR count). The highest BCUT2D eigenvalue weighted by Gasteiger charge is 2.36. The molecule has 3 heteroatoms. The summed E-state index contributed by atoms with van der Waals surface area (Å²) in [5, 5.41) is 1.38. The zero-order chi connectivity index (χ0) is 7.73. The minimum Gasteiger partial charge on any atom is -0.347 e. The van der Waals surface area contributed by atoms with Crippen LogP contribution >= 0.6 is 9.24 Å². The molecule has 1 fully saturated rings. The molecule has 0 radical (unpaired) electrons. The molecular weight excluding hydrogens is 159 g/mol. The van der Waals surface area contributed by atoms with E-state index < -0.39 is 0 Å². The summed E-state index contributed by atoms with van der Waals surface area (Å²) in [7, 11) is 2.75. The molecule has 1 saturated heterocycles. The number of allylic oxidation sites excluding steroid dienone is 1. The van der Waals surface area contributed by atoms with Gasteiger partial charge in [-0.25, -0.2) is 0 Å². The second kappa shape index (κ2) is 2.85. The quantitative estimate of drug-likeness (QED) is 0.517. The Hall–Kier alpha value is 0.0900. The highest BCUT2D eigenvalue weighted by atomic mass is 31.0. The van der Waals surface area contributed by atoms with E-state index in [2.05, 4.69) is 15.3 Å². The molecule has 0 aromatic carbocycles. The average Bonchev–Trinajstić information content (AvgIpc) is 2.45. The maximum Gasteiger partial charge on any atom is 0.172 e. The van der Waals surface area contributed by atoms with Gasteiger partial charge in [-0.1, -0.05) is 11.4 Å². The maximum atomic E-state index is 5.55. The van der Waals surface area contributed by atoms with Crippen LogP contribution in [0, 0.1) is 0 Å². The van der Waals surface area contributed by atoms with Crippen LogP contribution in [0.4, 0.5) is 0 Å². The van der Waals surface area contributed by atoms with Crippen LogP contribution in [0.5, 0.6) is 0 Å². The predicted octanol–water partition coefficient (Wildman–Crippen LogP) is 1.67. The van der Waals surface area contributed by atoms with E-state index in [0.29, 0.717) is 0 Å². The number of hydrogen-bond acceptors (Lipinski definition) is 2. The summed E-state index contributed by atoms with van der Waals surface area (Å²) in [6.07, 6.45) is 5.22. The van der Waals surface area contributed by atoms with E-state index in [0.717, 1.165) is 32.5 Å². The molecule has 1 spiro atoms. The Morgan fingerprint density at radius 2 is 2.09 bits per heavy atom. The molecule has 0 aromatic rings. The van der Waals surface area contributed by atoms with E-state index in [1.165, 1.54) is 5.31 Å². The van der Waals surface area contributed by atoms with Gasteiger partial charge in [0.25, 0.3) is 0 Å². The summed E-state index contributed by atoms with van der Waals surface area (Å²) >= 11 is 0. The standard InChI is InChI=1S/C8H13O2P/c11-7-1-3-8(4-2-7)9-5-6-10-8/h1H,2-6,11H2. The van der Waals surface area contributed by atoms with Gasteiger partial charge in [-0.2, -0.15) is 0 Å². The highest BCUT2D eigenvalue weighted by Crippen LogP contribution is 2.36. The van der Waals surface area contributed by atoms with Gasteiger partial charge in [-0.3, -0.25) is 0 Å². The van der Waals surface area contributed by atoms with Crippen molar-refractivity contribution in [2.45, 2.75) is 25.0 Å². The van der Waals surface area contributed by atoms with E-state index in [9.17, 15) is 0 Å². The zero-order valence-electron chi connectivity index (χ0n) is 6.51. The molecule has 0 amide bonds. The third-order valence-corrected chi connectivity index (χ3v) is 2.81. The Labute approximate surface area is 69.1 Å². The summed E-state index contributed by atoms with van der Waals surface area (Å²) < 4.78 is 11.1. The van der Waals surface area contributed by atoms with Gasteiger partial charge < -0.3 is 9.47 Å². The lowest BCUT2D eigenvalue weighted by Gasteiger charge is -2.29. The molecule has 1 aliphatic carbocycles. The van der Waals surface area contributed by atoms with Crippen molar-refractivity contribution >= 4 is 9.24 Å². The maximum absolute atomic E-state index is 5.55. The molecule has 62 valence electrons. The Bertz CT molecular complexity index is 183. The normalized spacial score (nSPS) is 29.0. The fourth-order valence-corrected chi connectivity index (χ4v) is 1.85. The molecule has 0 aromatic heterocycles. The molecule has 0 N–H and O–H groups in total. The van der Waals surface area contributed by atoms with Crippen molar-refractivity contribution in [3.8, 4) is 0 Å². The van der Waals surface area contributed by atoms with Crippen molar-refractivity contribution in [2.75, 3.05) is 13.2 Å². The van der Waals surface area contributed by atoms with E-state index >= 15 is 0 Å². The van der Waals surface area contributed by atoms with Crippen molar-refractivity contribution in [1.82, 2.24) is 0 Å². The first-order valence-corrected chi connectivity index (χ1v) is 4.61. The summed E-state index contributed by atoms with van der Waals surface area (Å²) in [5.74, 6) is -0.236. The fourth-order valence-electron chi connectivity index (χ4n) is 1.58. The summed E-state index contributed by atoms with van der Waals surface area (Å²) in [5.41, 5.74) is 0. The molecule has 11 heavy (non-hydrogen) atoms. The third kappa shape index (κ3) is 1.48. The van der Waals surface area contributed by atoms with E-state index in [1.807, 2.05) is 0 Å². The first-order chi connectivity index (χ1) is 5.31. The molecule has 2 nitrogen and oxygen atoms in total. The van der Waals surface area contributed by atoms with E-state index in [1.54, 1.807) is 0 Å². The highest BCUT2D eigenvalue weighted by molar-refractivity contribution is 7.22. The second-order valence-corrected chi connectivity index (χ2v) is 3.83. The van der Waals surface area contributed by atoms with Gasteiger partial charge in [-0.15, -0.1) is 9.24 Å². The van der Waals surface area contributed by atoms with Crippen molar-refractivity contribution in [1.29, 1.82) is 0 Å². The first kappa shape index (κ1) is 7.72. The largest absolute Gasteiger partial charge is 0.347 e. The van der Waals surface area contributed by atoms with Gasteiger partial charge in [0.05, 0.1) is 13.2 Å². The monoisotopic (exact) mass is 172 g/mol. The van der Waals surface area contributed by atoms with Gasteiger partial charge in [0.1, 0.15) is 0 Å². The molecule has 1 atom stereocenters. The van der Waals surface area contributed by atoms with Crippen LogP contribution in [-0.2, 0) is 9.47 Å². The van der Waals surface area contributed by atoms with Crippen LogP contribution in [0.25, 0.3) is 0 Å². The lowest BCUT2D eigenvalue weighted by Crippen LogP contribution is -2.31. The van der Waals surface area contributed by atoms with Crippen LogP contribution in [-0.4, -0.2) is 19.0 Å². The van der Waals surface area contributed by atoms with Crippen LogP contribution in [0.3, 0.4) is 0 Å². The van der Waals surface area contributed by atoms with E-state index in [4.69, 9.17) is 9.47 Å². The van der Waals surface area contributed by atoms with Gasteiger partial charge >= 0.3 is 0 Å². The summed E-state index contributed by atoms with van der Waals surface area (Å²) in [4.78, 5) is 0. The average molecular weight is 172 g/mol. The van der Waals surface area contributed by atoms with Crippen molar-refractivity contribution in [2.24, 2.45) is 0 Å². The number of rotatable bonds is 0. The number of hydrogen-bond donors (Lipinski definition) is 0. The van der Waals surface area contributed by atoms with Gasteiger partial charge in [0.2, 0.25) is 0 Å². The lowest BCUT2D eigenvalue weighted by molar-refractivity contribution is -0.160. The molecule has 0 bridgehead atoms. The van der Waals surface area contributed by atoms with Crippen molar-refractivity contribution < 1.29 is 9.47 Å². The molecule has 2 aliphatic rings. The topological polar surface area (TPSA) is 18.5 Å². The SMILES string of the molecule is PC1=CCC2(CC1)OCCO2. The molecule has 1 heterocycles. The molecule has 1 unspecified atom stereocenters. The second-order valence-electron chi connectivity index (χ2n) is 3.09. The third-order valence-electron chi connectivity index (χ3n) is 2.28. The van der Waals surface area contributed by atoms with Gasteiger partial charge in [0, 0.05) is 12.8 Å². The smallest absolute Gasteiger partial charge is 0.172 e. The van der Waals surface area contributed by atoms with Gasteiger partial charge in [0.15, 0.2) is 5.79 Å². The fraction of sp³-hybridized carbons (Fsp3) is 0.750. The molecule has 1 aliphatic heterocycles. The van der Waals surface area contributed by atoms with Crippen LogP contribution in [0.15, 0.2) is 11.4 Å². The Kier molecular flexibility index (Phi) is 2.00. The molecule has 0 saturated carbocycles. The van der Waals surface area contributed by atoms with Crippen molar-refractivity contribution in [3.63, 3.8) is 0 Å². The Balaban J connectivity index is 2.06. The summed E-state index contributed by atoms with van der Waals surface area (Å²) in [6, 6.07) is 0.